The van der Waals surface area contributed by atoms with Crippen molar-refractivity contribution in [1.82, 2.24) is 5.32 Å². The van der Waals surface area contributed by atoms with Crippen LogP contribution in [-0.2, 0) is 4.79 Å². The van der Waals surface area contributed by atoms with Crippen molar-refractivity contribution < 1.29 is 9.59 Å². The maximum Gasteiger partial charge on any atom is 0.220 e. The van der Waals surface area contributed by atoms with Gasteiger partial charge in [0.15, 0.2) is 5.78 Å². The molecule has 0 bridgehead atoms. The molecule has 5 heteroatoms. The van der Waals surface area contributed by atoms with Crippen molar-refractivity contribution in [3.05, 3.63) is 51.7 Å². The molecule has 0 aliphatic rings. The van der Waals surface area contributed by atoms with Gasteiger partial charge < -0.3 is 5.32 Å². The van der Waals surface area contributed by atoms with Crippen LogP contribution >= 0.6 is 23.1 Å². The lowest BCUT2D eigenvalue weighted by Gasteiger charge is -2.05. The van der Waals surface area contributed by atoms with E-state index in [1.807, 2.05) is 38.1 Å². The Morgan fingerprint density at radius 2 is 1.87 bits per heavy atom. The van der Waals surface area contributed by atoms with Gasteiger partial charge in [0.05, 0.1) is 0 Å². The Morgan fingerprint density at radius 3 is 2.52 bits per heavy atom. The molecule has 2 aromatic rings. The molecule has 2 rings (SSSR count). The number of benzene rings is 1. The average Bonchev–Trinajstić information content (AvgIpc) is 2.89. The fraction of sp³-hybridized carbons (Fsp3) is 0.333. The molecule has 0 saturated carbocycles. The zero-order valence-electron chi connectivity index (χ0n) is 13.4. The maximum atomic E-state index is 12.1. The summed E-state index contributed by atoms with van der Waals surface area (Å²) < 4.78 is 0. The van der Waals surface area contributed by atoms with Gasteiger partial charge in [-0.25, -0.2) is 0 Å². The van der Waals surface area contributed by atoms with E-state index in [4.69, 9.17) is 0 Å². The van der Waals surface area contributed by atoms with E-state index in [0.717, 1.165) is 21.1 Å². The van der Waals surface area contributed by atoms with E-state index in [1.165, 1.54) is 4.90 Å². The number of Topliss-reactive ketones (excluding diaryl/α,β-unsaturated/α-hetero) is 1. The van der Waals surface area contributed by atoms with E-state index in [1.54, 1.807) is 23.1 Å². The Kier molecular flexibility index (Phi) is 6.86. The average molecular weight is 348 g/mol. The minimum atomic E-state index is -0.0587. The SMILES string of the molecule is Cc1cc(C(=O)CCC(=O)NCCSc2ccccc2)c(C)s1. The topological polar surface area (TPSA) is 46.2 Å². The minimum Gasteiger partial charge on any atom is -0.355 e. The van der Waals surface area contributed by atoms with Crippen LogP contribution in [0.2, 0.25) is 0 Å². The zero-order chi connectivity index (χ0) is 16.7. The van der Waals surface area contributed by atoms with Gasteiger partial charge in [-0.05, 0) is 32.0 Å². The van der Waals surface area contributed by atoms with Crippen LogP contribution in [0.5, 0.6) is 0 Å². The second kappa shape index (κ2) is 8.89. The fourth-order valence-electron chi connectivity index (χ4n) is 2.23. The van der Waals surface area contributed by atoms with Crippen molar-refractivity contribution in [1.29, 1.82) is 0 Å². The highest BCUT2D eigenvalue weighted by Crippen LogP contribution is 2.22. The second-order valence-corrected chi connectivity index (χ2v) is 7.89. The number of carbonyl (C=O) groups excluding carboxylic acids is 2. The summed E-state index contributed by atoms with van der Waals surface area (Å²) in [4.78, 5) is 27.3. The summed E-state index contributed by atoms with van der Waals surface area (Å²) in [6.45, 7) is 4.56. The van der Waals surface area contributed by atoms with Crippen molar-refractivity contribution in [2.45, 2.75) is 31.6 Å². The molecule has 0 aliphatic carbocycles. The number of amides is 1. The third-order valence-corrected chi connectivity index (χ3v) is 5.34. The second-order valence-electron chi connectivity index (χ2n) is 5.26. The van der Waals surface area contributed by atoms with Crippen LogP contribution in [0.4, 0.5) is 0 Å². The van der Waals surface area contributed by atoms with Crippen LogP contribution in [0, 0.1) is 13.8 Å². The molecule has 122 valence electrons. The lowest BCUT2D eigenvalue weighted by molar-refractivity contribution is -0.120. The van der Waals surface area contributed by atoms with E-state index in [0.29, 0.717) is 6.54 Å². The highest BCUT2D eigenvalue weighted by atomic mass is 32.2. The van der Waals surface area contributed by atoms with Gasteiger partial charge in [0.1, 0.15) is 0 Å². The summed E-state index contributed by atoms with van der Waals surface area (Å²) in [7, 11) is 0. The molecule has 0 fully saturated rings. The summed E-state index contributed by atoms with van der Waals surface area (Å²) in [5, 5.41) is 2.87. The molecule has 23 heavy (non-hydrogen) atoms. The number of hydrogen-bond donors (Lipinski definition) is 1. The smallest absolute Gasteiger partial charge is 0.220 e. The number of rotatable bonds is 8. The molecule has 0 saturated heterocycles. The first-order chi connectivity index (χ1) is 11.1. The highest BCUT2D eigenvalue weighted by Gasteiger charge is 2.13. The summed E-state index contributed by atoms with van der Waals surface area (Å²) in [6, 6.07) is 12.0. The monoisotopic (exact) mass is 347 g/mol. The van der Waals surface area contributed by atoms with E-state index < -0.39 is 0 Å². The highest BCUT2D eigenvalue weighted by molar-refractivity contribution is 7.99. The van der Waals surface area contributed by atoms with Gasteiger partial charge in [0.2, 0.25) is 5.91 Å². The summed E-state index contributed by atoms with van der Waals surface area (Å²) in [6.07, 6.45) is 0.526. The normalized spacial score (nSPS) is 10.5. The van der Waals surface area contributed by atoms with Crippen LogP contribution in [0.15, 0.2) is 41.3 Å². The fourth-order valence-corrected chi connectivity index (χ4v) is 3.97. The standard InChI is InChI=1S/C18H21NO2S2/c1-13-12-16(14(2)23-13)17(20)8-9-18(21)19-10-11-22-15-6-4-3-5-7-15/h3-7,12H,8-11H2,1-2H3,(H,19,21). The molecule has 1 N–H and O–H groups in total. The van der Waals surface area contributed by atoms with E-state index >= 15 is 0 Å². The van der Waals surface area contributed by atoms with Crippen molar-refractivity contribution in [3.63, 3.8) is 0 Å². The number of aryl methyl sites for hydroxylation is 2. The molecule has 1 heterocycles. The van der Waals surface area contributed by atoms with E-state index in [-0.39, 0.29) is 24.5 Å². The summed E-state index contributed by atoms with van der Waals surface area (Å²) in [5.41, 5.74) is 0.764. The number of thioether (sulfide) groups is 1. The predicted octanol–water partition coefficient (Wildman–Crippen LogP) is 4.24. The Hall–Kier alpha value is -1.59. The Balaban J connectivity index is 1.65. The lowest BCUT2D eigenvalue weighted by atomic mass is 10.1. The van der Waals surface area contributed by atoms with E-state index in [9.17, 15) is 9.59 Å². The van der Waals surface area contributed by atoms with Crippen molar-refractivity contribution >= 4 is 34.8 Å². The van der Waals surface area contributed by atoms with Gasteiger partial charge in [-0.3, -0.25) is 9.59 Å². The largest absolute Gasteiger partial charge is 0.355 e. The Bertz CT molecular complexity index is 665. The van der Waals surface area contributed by atoms with Crippen LogP contribution < -0.4 is 5.32 Å². The number of nitrogens with one attached hydrogen (secondary N) is 1. The van der Waals surface area contributed by atoms with Crippen molar-refractivity contribution in [2.75, 3.05) is 12.3 Å². The number of thiophene rings is 1. The molecule has 1 aromatic heterocycles. The molecule has 0 aliphatic heterocycles. The Morgan fingerprint density at radius 1 is 1.13 bits per heavy atom. The first kappa shape index (κ1) is 17.8. The van der Waals surface area contributed by atoms with Crippen LogP contribution in [0.3, 0.4) is 0 Å². The molecule has 1 aromatic carbocycles. The molecular formula is C18H21NO2S2. The first-order valence-corrected chi connectivity index (χ1v) is 9.41. The van der Waals surface area contributed by atoms with Crippen LogP contribution in [-0.4, -0.2) is 24.0 Å². The molecule has 0 spiro atoms. The molecule has 0 radical (unpaired) electrons. The first-order valence-electron chi connectivity index (χ1n) is 7.61. The predicted molar refractivity (Wildman–Crippen MR) is 97.5 cm³/mol. The van der Waals surface area contributed by atoms with Gasteiger partial charge >= 0.3 is 0 Å². The molecule has 1 amide bonds. The maximum absolute atomic E-state index is 12.1. The zero-order valence-corrected chi connectivity index (χ0v) is 15.1. The van der Waals surface area contributed by atoms with Gasteiger partial charge in [-0.2, -0.15) is 0 Å². The van der Waals surface area contributed by atoms with E-state index in [2.05, 4.69) is 17.4 Å². The van der Waals surface area contributed by atoms with Crippen LogP contribution in [0.1, 0.15) is 33.0 Å². The molecule has 3 nitrogen and oxygen atoms in total. The number of carbonyl (C=O) groups is 2. The lowest BCUT2D eigenvalue weighted by Crippen LogP contribution is -2.26. The third kappa shape index (κ3) is 5.84. The third-order valence-electron chi connectivity index (χ3n) is 3.36. The summed E-state index contributed by atoms with van der Waals surface area (Å²) >= 11 is 3.33. The quantitative estimate of drug-likeness (QED) is 0.441. The van der Waals surface area contributed by atoms with Gasteiger partial charge in [-0.1, -0.05) is 18.2 Å². The van der Waals surface area contributed by atoms with Gasteiger partial charge in [0.25, 0.3) is 0 Å². The van der Waals surface area contributed by atoms with Gasteiger partial charge in [-0.15, -0.1) is 23.1 Å². The molecule has 0 atom stereocenters. The minimum absolute atomic E-state index is 0.0562. The van der Waals surface area contributed by atoms with Gasteiger partial charge in [0, 0.05) is 45.4 Å². The number of ketones is 1. The van der Waals surface area contributed by atoms with Crippen molar-refractivity contribution in [3.8, 4) is 0 Å². The van der Waals surface area contributed by atoms with Crippen LogP contribution in [0.25, 0.3) is 0 Å². The molecular weight excluding hydrogens is 326 g/mol. The molecule has 0 unspecified atom stereocenters. The Labute approximate surface area is 145 Å². The summed E-state index contributed by atoms with van der Waals surface area (Å²) in [5.74, 6) is 0.823. The van der Waals surface area contributed by atoms with Crippen molar-refractivity contribution in [2.24, 2.45) is 0 Å². The number of hydrogen-bond acceptors (Lipinski definition) is 4.